The number of hydrogen-bond acceptors (Lipinski definition) is 2. The van der Waals surface area contributed by atoms with Crippen molar-refractivity contribution in [2.45, 2.75) is 18.7 Å². The number of carbonyl (C=O) groups is 1. The van der Waals surface area contributed by atoms with E-state index in [-0.39, 0.29) is 18.7 Å². The molecule has 0 aliphatic carbocycles. The molecule has 0 bridgehead atoms. The predicted octanol–water partition coefficient (Wildman–Crippen LogP) is 3.29. The molecule has 0 aliphatic rings. The van der Waals surface area contributed by atoms with Crippen LogP contribution in [0.5, 0.6) is 0 Å². The molecule has 2 amide bonds. The summed E-state index contributed by atoms with van der Waals surface area (Å²) in [6, 6.07) is 7.32. The fourth-order valence-electron chi connectivity index (χ4n) is 2.24. The first kappa shape index (κ1) is 17.9. The van der Waals surface area contributed by atoms with Crippen molar-refractivity contribution in [3.63, 3.8) is 0 Å². The molecule has 1 aromatic carbocycles. The van der Waals surface area contributed by atoms with Gasteiger partial charge in [0.15, 0.2) is 0 Å². The molecule has 0 unspecified atom stereocenters. The maximum Gasteiger partial charge on any atom is 0.416 e. The number of aliphatic hydroxyl groups excluding tert-OH is 1. The number of nitrogens with one attached hydrogen (secondary N) is 2. The largest absolute Gasteiger partial charge is 0.416 e. The third-order valence-electron chi connectivity index (χ3n) is 3.48. The molecule has 3 N–H and O–H groups in total. The zero-order valence-electron chi connectivity index (χ0n) is 13.0. The smallest absolute Gasteiger partial charge is 0.387 e. The number of hydrogen-bond donors (Lipinski definition) is 3. The number of benzene rings is 1. The van der Waals surface area contributed by atoms with Crippen LogP contribution in [0.2, 0.25) is 0 Å². The number of nitrogens with zero attached hydrogens (tertiary/aromatic N) is 1. The number of urea groups is 1. The van der Waals surface area contributed by atoms with E-state index in [1.54, 1.807) is 29.9 Å². The lowest BCUT2D eigenvalue weighted by Gasteiger charge is -2.13. The van der Waals surface area contributed by atoms with Crippen molar-refractivity contribution >= 4 is 11.7 Å². The van der Waals surface area contributed by atoms with Gasteiger partial charge >= 0.3 is 12.2 Å². The van der Waals surface area contributed by atoms with E-state index in [2.05, 4.69) is 10.6 Å². The summed E-state index contributed by atoms with van der Waals surface area (Å²) in [4.78, 5) is 11.7. The second-order valence-electron chi connectivity index (χ2n) is 5.31. The second kappa shape index (κ2) is 7.39. The van der Waals surface area contributed by atoms with Gasteiger partial charge < -0.3 is 20.3 Å². The number of anilines is 1. The zero-order valence-corrected chi connectivity index (χ0v) is 13.0. The highest BCUT2D eigenvalue weighted by molar-refractivity contribution is 5.89. The summed E-state index contributed by atoms with van der Waals surface area (Å²) < 4.78 is 39.6. The van der Waals surface area contributed by atoms with E-state index in [1.807, 2.05) is 0 Å². The van der Waals surface area contributed by atoms with Crippen LogP contribution in [0.1, 0.15) is 23.8 Å². The fraction of sp³-hybridized carbons (Fsp3) is 0.312. The van der Waals surface area contributed by atoms with Crippen LogP contribution in [0.25, 0.3) is 0 Å². The minimum absolute atomic E-state index is 0.0466. The number of aryl methyl sites for hydroxylation is 1. The summed E-state index contributed by atoms with van der Waals surface area (Å²) in [6.45, 7) is 0.178. The third-order valence-corrected chi connectivity index (χ3v) is 3.48. The molecule has 130 valence electrons. The highest BCUT2D eigenvalue weighted by Crippen LogP contribution is 2.30. The van der Waals surface area contributed by atoms with Crippen LogP contribution in [-0.2, 0) is 13.2 Å². The Bertz CT molecular complexity index is 698. The van der Waals surface area contributed by atoms with Gasteiger partial charge in [-0.3, -0.25) is 0 Å². The van der Waals surface area contributed by atoms with Crippen molar-refractivity contribution in [2.75, 3.05) is 11.9 Å². The molecule has 0 saturated heterocycles. The Morgan fingerprint density at radius 1 is 1.29 bits per heavy atom. The summed E-state index contributed by atoms with van der Waals surface area (Å²) in [7, 11) is 1.80. The van der Waals surface area contributed by atoms with Crippen molar-refractivity contribution in [2.24, 2.45) is 7.05 Å². The molecule has 0 aliphatic heterocycles. The lowest BCUT2D eigenvalue weighted by molar-refractivity contribution is -0.137. The molecule has 2 rings (SSSR count). The lowest BCUT2D eigenvalue weighted by atomic mass is 10.2. The van der Waals surface area contributed by atoms with E-state index < -0.39 is 23.9 Å². The molecule has 2 aromatic rings. The van der Waals surface area contributed by atoms with Gasteiger partial charge in [-0.1, -0.05) is 6.07 Å². The number of rotatable bonds is 5. The molecule has 8 heteroatoms. The van der Waals surface area contributed by atoms with Gasteiger partial charge in [-0.05, 0) is 36.8 Å². The van der Waals surface area contributed by atoms with Crippen LogP contribution < -0.4 is 10.6 Å². The van der Waals surface area contributed by atoms with E-state index in [0.29, 0.717) is 0 Å². The minimum atomic E-state index is -4.46. The van der Waals surface area contributed by atoms with Gasteiger partial charge in [0.25, 0.3) is 0 Å². The zero-order chi connectivity index (χ0) is 17.7. The topological polar surface area (TPSA) is 66.3 Å². The standard InChI is InChI=1S/C16H18F3N3O2/c1-22-9-3-6-13(22)14(23)7-8-20-15(24)21-12-5-2-4-11(10-12)16(17,18)19/h2-6,9-10,14,23H,7-8H2,1H3,(H2,20,21,24)/t14-/m0/s1. The van der Waals surface area contributed by atoms with Crippen molar-refractivity contribution in [3.05, 3.63) is 53.9 Å². The van der Waals surface area contributed by atoms with Crippen LogP contribution in [0.15, 0.2) is 42.6 Å². The van der Waals surface area contributed by atoms with Crippen LogP contribution in [0, 0.1) is 0 Å². The summed E-state index contributed by atoms with van der Waals surface area (Å²) in [6.07, 6.45) is -3.12. The molecule has 0 fully saturated rings. The maximum absolute atomic E-state index is 12.6. The van der Waals surface area contributed by atoms with Crippen molar-refractivity contribution in [1.82, 2.24) is 9.88 Å². The molecule has 1 aromatic heterocycles. The first-order valence-corrected chi connectivity index (χ1v) is 7.29. The number of alkyl halides is 3. The van der Waals surface area contributed by atoms with Crippen molar-refractivity contribution in [3.8, 4) is 0 Å². The third kappa shape index (κ3) is 4.76. The Morgan fingerprint density at radius 2 is 2.04 bits per heavy atom. The molecule has 1 heterocycles. The summed E-state index contributed by atoms with van der Waals surface area (Å²) in [5.74, 6) is 0. The van der Waals surface area contributed by atoms with Crippen molar-refractivity contribution in [1.29, 1.82) is 0 Å². The fourth-order valence-corrected chi connectivity index (χ4v) is 2.24. The first-order valence-electron chi connectivity index (χ1n) is 7.29. The molecular formula is C16H18F3N3O2. The Balaban J connectivity index is 1.83. The van der Waals surface area contributed by atoms with Gasteiger partial charge in [0, 0.05) is 31.2 Å². The summed E-state index contributed by atoms with van der Waals surface area (Å²) >= 11 is 0. The van der Waals surface area contributed by atoms with Gasteiger partial charge in [-0.2, -0.15) is 13.2 Å². The average molecular weight is 341 g/mol. The Hall–Kier alpha value is -2.48. The number of halogens is 3. The van der Waals surface area contributed by atoms with E-state index in [1.165, 1.54) is 12.1 Å². The highest BCUT2D eigenvalue weighted by Gasteiger charge is 2.30. The highest BCUT2D eigenvalue weighted by atomic mass is 19.4. The maximum atomic E-state index is 12.6. The van der Waals surface area contributed by atoms with E-state index in [9.17, 15) is 23.1 Å². The van der Waals surface area contributed by atoms with Gasteiger partial charge in [-0.15, -0.1) is 0 Å². The van der Waals surface area contributed by atoms with Crippen LogP contribution in [0.3, 0.4) is 0 Å². The number of amides is 2. The normalized spacial score (nSPS) is 12.7. The summed E-state index contributed by atoms with van der Waals surface area (Å²) in [5, 5.41) is 14.8. The van der Waals surface area contributed by atoms with E-state index in [4.69, 9.17) is 0 Å². The lowest BCUT2D eigenvalue weighted by Crippen LogP contribution is -2.30. The van der Waals surface area contributed by atoms with Gasteiger partial charge in [0.05, 0.1) is 11.7 Å². The van der Waals surface area contributed by atoms with Gasteiger partial charge in [-0.25, -0.2) is 4.79 Å². The van der Waals surface area contributed by atoms with Gasteiger partial charge in [0.2, 0.25) is 0 Å². The van der Waals surface area contributed by atoms with Crippen LogP contribution >= 0.6 is 0 Å². The Morgan fingerprint density at radius 3 is 2.67 bits per heavy atom. The number of carbonyl (C=O) groups excluding carboxylic acids is 1. The Labute approximate surface area is 137 Å². The van der Waals surface area contributed by atoms with Gasteiger partial charge in [0.1, 0.15) is 0 Å². The summed E-state index contributed by atoms with van der Waals surface area (Å²) in [5.41, 5.74) is -0.0696. The minimum Gasteiger partial charge on any atom is -0.387 e. The first-order chi connectivity index (χ1) is 11.3. The predicted molar refractivity (Wildman–Crippen MR) is 83.5 cm³/mol. The van der Waals surface area contributed by atoms with Crippen LogP contribution in [-0.4, -0.2) is 22.2 Å². The average Bonchev–Trinajstić information content (AvgIpc) is 2.92. The molecule has 24 heavy (non-hydrogen) atoms. The number of aliphatic hydroxyl groups is 1. The molecule has 5 nitrogen and oxygen atoms in total. The van der Waals surface area contributed by atoms with Crippen LogP contribution in [0.4, 0.5) is 23.7 Å². The molecule has 0 saturated carbocycles. The SMILES string of the molecule is Cn1cccc1[C@@H](O)CCNC(=O)Nc1cccc(C(F)(F)F)c1. The molecule has 0 radical (unpaired) electrons. The van der Waals surface area contributed by atoms with Crippen molar-refractivity contribution < 1.29 is 23.1 Å². The monoisotopic (exact) mass is 341 g/mol. The molecule has 1 atom stereocenters. The molecular weight excluding hydrogens is 323 g/mol. The quantitative estimate of drug-likeness (QED) is 0.781. The molecule has 0 spiro atoms. The second-order valence-corrected chi connectivity index (χ2v) is 5.31. The Kier molecular flexibility index (Phi) is 5.50. The van der Waals surface area contributed by atoms with E-state index in [0.717, 1.165) is 17.8 Å². The number of aromatic nitrogens is 1. The van der Waals surface area contributed by atoms with E-state index >= 15 is 0 Å².